The molecule has 6 heteroatoms. The van der Waals surface area contributed by atoms with Crippen LogP contribution in [0, 0.1) is 0 Å². The molecule has 0 heterocycles. The van der Waals surface area contributed by atoms with Gasteiger partial charge in [-0.15, -0.1) is 11.6 Å². The minimum atomic E-state index is -0.934. The van der Waals surface area contributed by atoms with E-state index in [4.69, 9.17) is 11.6 Å². The molecule has 5 nitrogen and oxygen atoms in total. The number of benzene rings is 1. The lowest BCUT2D eigenvalue weighted by atomic mass is 10.0. The largest absolute Gasteiger partial charge is 0.390 e. The summed E-state index contributed by atoms with van der Waals surface area (Å²) in [6.45, 7) is 0.630. The fraction of sp³-hybridized carbons (Fsp3) is 0.500. The maximum atomic E-state index is 11.4. The van der Waals surface area contributed by atoms with E-state index in [2.05, 4.69) is 10.6 Å². The van der Waals surface area contributed by atoms with Gasteiger partial charge in [0.15, 0.2) is 0 Å². The smallest absolute Gasteiger partial charge is 0.225 e. The summed E-state index contributed by atoms with van der Waals surface area (Å²) in [5.41, 5.74) is 1.25. The van der Waals surface area contributed by atoms with Crippen molar-refractivity contribution < 1.29 is 15.0 Å². The molecule has 0 bridgehead atoms. The average molecular weight is 301 g/mol. The number of carbonyl (C=O) groups is 1. The van der Waals surface area contributed by atoms with Gasteiger partial charge >= 0.3 is 0 Å². The zero-order valence-electron chi connectivity index (χ0n) is 11.5. The molecule has 0 aromatic heterocycles. The predicted molar refractivity (Wildman–Crippen MR) is 79.9 cm³/mol. The first-order valence-corrected chi connectivity index (χ1v) is 7.08. The van der Waals surface area contributed by atoms with Gasteiger partial charge in [0, 0.05) is 18.0 Å². The standard InChI is InChI=1S/C14H21ClN2O3/c1-16-9-7-12(18)14(20)10-2-4-11(5-3-10)17-13(19)6-8-15/h2-5,12,14,16,18,20H,6-9H2,1H3,(H,17,19). The number of amides is 1. The Bertz CT molecular complexity index is 411. The fourth-order valence-corrected chi connectivity index (χ4v) is 1.92. The summed E-state index contributed by atoms with van der Waals surface area (Å²) in [7, 11) is 1.79. The van der Waals surface area contributed by atoms with Crippen LogP contribution in [-0.2, 0) is 4.79 Å². The molecule has 0 fully saturated rings. The first-order chi connectivity index (χ1) is 9.58. The molecule has 0 saturated heterocycles. The van der Waals surface area contributed by atoms with Crippen molar-refractivity contribution >= 4 is 23.2 Å². The van der Waals surface area contributed by atoms with Crippen LogP contribution in [0.3, 0.4) is 0 Å². The van der Waals surface area contributed by atoms with Crippen LogP contribution in [0.4, 0.5) is 5.69 Å². The van der Waals surface area contributed by atoms with Crippen LogP contribution in [-0.4, -0.2) is 41.7 Å². The molecule has 0 aliphatic heterocycles. The molecule has 0 radical (unpaired) electrons. The van der Waals surface area contributed by atoms with Crippen LogP contribution < -0.4 is 10.6 Å². The van der Waals surface area contributed by atoms with E-state index in [1.165, 1.54) is 0 Å². The third kappa shape index (κ3) is 5.46. The molecule has 2 unspecified atom stereocenters. The molecule has 0 aliphatic carbocycles. The highest BCUT2D eigenvalue weighted by Crippen LogP contribution is 2.20. The molecule has 2 atom stereocenters. The number of hydrogen-bond donors (Lipinski definition) is 4. The number of aliphatic hydroxyl groups excluding tert-OH is 2. The van der Waals surface area contributed by atoms with Gasteiger partial charge in [0.25, 0.3) is 0 Å². The lowest BCUT2D eigenvalue weighted by Crippen LogP contribution is -2.23. The number of carbonyl (C=O) groups excluding carboxylic acids is 1. The Morgan fingerprint density at radius 2 is 1.95 bits per heavy atom. The number of rotatable bonds is 8. The first-order valence-electron chi connectivity index (χ1n) is 6.55. The number of hydrogen-bond acceptors (Lipinski definition) is 4. The Morgan fingerprint density at radius 1 is 1.30 bits per heavy atom. The number of aliphatic hydroxyl groups is 2. The van der Waals surface area contributed by atoms with Crippen molar-refractivity contribution in [1.29, 1.82) is 0 Å². The number of alkyl halides is 1. The van der Waals surface area contributed by atoms with Gasteiger partial charge in [0.2, 0.25) is 5.91 Å². The van der Waals surface area contributed by atoms with Gasteiger partial charge in [-0.25, -0.2) is 0 Å². The van der Waals surface area contributed by atoms with Crippen molar-refractivity contribution in [3.8, 4) is 0 Å². The molecule has 1 rings (SSSR count). The van der Waals surface area contributed by atoms with E-state index in [0.29, 0.717) is 24.2 Å². The third-order valence-corrected chi connectivity index (χ3v) is 3.10. The second-order valence-corrected chi connectivity index (χ2v) is 4.89. The van der Waals surface area contributed by atoms with Crippen molar-refractivity contribution in [3.05, 3.63) is 29.8 Å². The second-order valence-electron chi connectivity index (χ2n) is 4.51. The molecule has 20 heavy (non-hydrogen) atoms. The Morgan fingerprint density at radius 3 is 2.50 bits per heavy atom. The minimum Gasteiger partial charge on any atom is -0.390 e. The summed E-state index contributed by atoms with van der Waals surface area (Å²) in [5, 5.41) is 25.4. The van der Waals surface area contributed by atoms with Crippen LogP contribution in [0.1, 0.15) is 24.5 Å². The van der Waals surface area contributed by atoms with E-state index in [0.717, 1.165) is 0 Å². The average Bonchev–Trinajstić information content (AvgIpc) is 2.45. The fourth-order valence-electron chi connectivity index (χ4n) is 1.75. The maximum absolute atomic E-state index is 11.4. The van der Waals surface area contributed by atoms with E-state index >= 15 is 0 Å². The van der Waals surface area contributed by atoms with E-state index in [1.54, 1.807) is 31.3 Å². The predicted octanol–water partition coefficient (Wildman–Crippen LogP) is 1.26. The molecule has 0 saturated carbocycles. The topological polar surface area (TPSA) is 81.6 Å². The van der Waals surface area contributed by atoms with E-state index < -0.39 is 12.2 Å². The zero-order valence-corrected chi connectivity index (χ0v) is 12.2. The molecule has 1 aromatic rings. The van der Waals surface area contributed by atoms with Crippen LogP contribution in [0.15, 0.2) is 24.3 Å². The Labute approximate surface area is 124 Å². The van der Waals surface area contributed by atoms with Crippen LogP contribution >= 0.6 is 11.6 Å². The van der Waals surface area contributed by atoms with Crippen LogP contribution in [0.5, 0.6) is 0 Å². The van der Waals surface area contributed by atoms with Crippen molar-refractivity contribution in [2.45, 2.75) is 25.0 Å². The van der Waals surface area contributed by atoms with Crippen molar-refractivity contribution in [3.63, 3.8) is 0 Å². The Hall–Kier alpha value is -1.14. The number of nitrogens with one attached hydrogen (secondary N) is 2. The second kappa shape index (κ2) is 8.92. The molecule has 112 valence electrons. The number of anilines is 1. The molecule has 1 aromatic carbocycles. The van der Waals surface area contributed by atoms with Crippen molar-refractivity contribution in [2.75, 3.05) is 24.8 Å². The molecule has 0 aliphatic rings. The summed E-state index contributed by atoms with van der Waals surface area (Å²) in [6.07, 6.45) is -1.03. The summed E-state index contributed by atoms with van der Waals surface area (Å²) in [6, 6.07) is 6.75. The normalized spacial score (nSPS) is 13.8. The maximum Gasteiger partial charge on any atom is 0.225 e. The Kier molecular flexibility index (Phi) is 7.54. The van der Waals surface area contributed by atoms with Crippen molar-refractivity contribution in [1.82, 2.24) is 5.32 Å². The summed E-state index contributed by atoms with van der Waals surface area (Å²) in [5.74, 6) is 0.127. The monoisotopic (exact) mass is 300 g/mol. The lowest BCUT2D eigenvalue weighted by molar-refractivity contribution is -0.115. The molecule has 1 amide bonds. The van der Waals surface area contributed by atoms with Crippen LogP contribution in [0.2, 0.25) is 0 Å². The van der Waals surface area contributed by atoms with Gasteiger partial charge < -0.3 is 20.8 Å². The van der Waals surface area contributed by atoms with Gasteiger partial charge in [-0.1, -0.05) is 12.1 Å². The molecular formula is C14H21ClN2O3. The summed E-state index contributed by atoms with van der Waals surface area (Å²) >= 11 is 5.48. The molecule has 0 spiro atoms. The van der Waals surface area contributed by atoms with Gasteiger partial charge in [-0.3, -0.25) is 4.79 Å². The highest BCUT2D eigenvalue weighted by atomic mass is 35.5. The van der Waals surface area contributed by atoms with Gasteiger partial charge in [0.05, 0.1) is 6.10 Å². The van der Waals surface area contributed by atoms with Gasteiger partial charge in [-0.2, -0.15) is 0 Å². The van der Waals surface area contributed by atoms with Crippen molar-refractivity contribution in [2.24, 2.45) is 0 Å². The Balaban J connectivity index is 2.59. The third-order valence-electron chi connectivity index (χ3n) is 2.91. The first kappa shape index (κ1) is 16.9. The molecule has 4 N–H and O–H groups in total. The van der Waals surface area contributed by atoms with Crippen LogP contribution in [0.25, 0.3) is 0 Å². The van der Waals surface area contributed by atoms with Gasteiger partial charge in [0.1, 0.15) is 6.10 Å². The lowest BCUT2D eigenvalue weighted by Gasteiger charge is -2.18. The SMILES string of the molecule is CNCCC(O)C(O)c1ccc(NC(=O)CCCl)cc1. The zero-order chi connectivity index (χ0) is 15.0. The van der Waals surface area contributed by atoms with E-state index in [-0.39, 0.29) is 18.2 Å². The van der Waals surface area contributed by atoms with E-state index in [9.17, 15) is 15.0 Å². The highest BCUT2D eigenvalue weighted by Gasteiger charge is 2.17. The quantitative estimate of drug-likeness (QED) is 0.545. The van der Waals surface area contributed by atoms with E-state index in [1.807, 2.05) is 0 Å². The van der Waals surface area contributed by atoms with Gasteiger partial charge in [-0.05, 0) is 37.7 Å². The molecular weight excluding hydrogens is 280 g/mol. The minimum absolute atomic E-state index is 0.151. The summed E-state index contributed by atoms with van der Waals surface area (Å²) < 4.78 is 0. The number of halogens is 1. The summed E-state index contributed by atoms with van der Waals surface area (Å²) in [4.78, 5) is 11.4. The highest BCUT2D eigenvalue weighted by molar-refractivity contribution is 6.19.